The molecule has 1 saturated heterocycles. The van der Waals surface area contributed by atoms with E-state index in [0.717, 1.165) is 0 Å². The predicted molar refractivity (Wildman–Crippen MR) is 72.3 cm³/mol. The van der Waals surface area contributed by atoms with Gasteiger partial charge in [-0.1, -0.05) is 0 Å². The molecule has 0 saturated carbocycles. The van der Waals surface area contributed by atoms with Crippen LogP contribution < -0.4 is 4.90 Å². The highest BCUT2D eigenvalue weighted by molar-refractivity contribution is 5.95. The minimum absolute atomic E-state index is 0.0607. The molecule has 0 amide bonds. The monoisotopic (exact) mass is 280 g/mol. The number of benzene rings is 1. The van der Waals surface area contributed by atoms with Gasteiger partial charge in [0.2, 0.25) is 0 Å². The van der Waals surface area contributed by atoms with E-state index in [2.05, 4.69) is 0 Å². The number of hydrogen-bond acceptors (Lipinski definition) is 5. The lowest BCUT2D eigenvalue weighted by atomic mass is 9.99. The first kappa shape index (κ1) is 14.3. The van der Waals surface area contributed by atoms with Gasteiger partial charge in [-0.05, 0) is 19.9 Å². The molecule has 0 unspecified atom stereocenters. The molecule has 0 atom stereocenters. The van der Waals surface area contributed by atoms with E-state index in [1.54, 1.807) is 0 Å². The molecule has 1 aliphatic rings. The fourth-order valence-corrected chi connectivity index (χ4v) is 2.34. The molecule has 1 aromatic rings. The fraction of sp³-hybridized carbons (Fsp3) is 0.462. The molecular formula is C13H16N2O5. The number of ether oxygens (including phenoxy) is 1. The Morgan fingerprint density at radius 3 is 2.75 bits per heavy atom. The Hall–Kier alpha value is -2.15. The van der Waals surface area contributed by atoms with Crippen LogP contribution in [0.1, 0.15) is 24.2 Å². The van der Waals surface area contributed by atoms with Crippen molar-refractivity contribution in [3.8, 4) is 0 Å². The maximum atomic E-state index is 11.3. The van der Waals surface area contributed by atoms with Crippen LogP contribution in [0, 0.1) is 10.1 Å². The quantitative estimate of drug-likeness (QED) is 0.671. The van der Waals surface area contributed by atoms with Gasteiger partial charge in [-0.15, -0.1) is 0 Å². The second-order valence-electron chi connectivity index (χ2n) is 5.28. The van der Waals surface area contributed by atoms with Crippen LogP contribution >= 0.6 is 0 Å². The first-order valence-corrected chi connectivity index (χ1v) is 6.20. The van der Waals surface area contributed by atoms with Gasteiger partial charge in [0.25, 0.3) is 5.69 Å². The molecule has 108 valence electrons. The molecule has 1 aromatic carbocycles. The first-order valence-electron chi connectivity index (χ1n) is 6.20. The van der Waals surface area contributed by atoms with Crippen molar-refractivity contribution in [3.05, 3.63) is 33.9 Å². The average Bonchev–Trinajstić information content (AvgIpc) is 2.37. The summed E-state index contributed by atoms with van der Waals surface area (Å²) in [6, 6.07) is 3.80. The minimum Gasteiger partial charge on any atom is -0.478 e. The van der Waals surface area contributed by atoms with E-state index in [1.165, 1.54) is 18.2 Å². The average molecular weight is 280 g/mol. The van der Waals surface area contributed by atoms with Crippen LogP contribution in [0.5, 0.6) is 0 Å². The van der Waals surface area contributed by atoms with E-state index in [4.69, 9.17) is 4.74 Å². The third kappa shape index (κ3) is 2.57. The number of rotatable bonds is 3. The molecule has 1 N–H and O–H groups in total. The Morgan fingerprint density at radius 2 is 2.20 bits per heavy atom. The van der Waals surface area contributed by atoms with Gasteiger partial charge in [0.15, 0.2) is 0 Å². The second kappa shape index (κ2) is 5.09. The van der Waals surface area contributed by atoms with E-state index < -0.39 is 16.4 Å². The lowest BCUT2D eigenvalue weighted by Crippen LogP contribution is -2.53. The Labute approximate surface area is 115 Å². The van der Waals surface area contributed by atoms with Crippen molar-refractivity contribution in [3.63, 3.8) is 0 Å². The fourth-order valence-electron chi connectivity index (χ4n) is 2.34. The minimum atomic E-state index is -1.10. The molecule has 20 heavy (non-hydrogen) atoms. The Kier molecular flexibility index (Phi) is 3.63. The van der Waals surface area contributed by atoms with Gasteiger partial charge in [0, 0.05) is 18.7 Å². The van der Waals surface area contributed by atoms with Gasteiger partial charge < -0.3 is 14.7 Å². The molecule has 1 heterocycles. The number of aromatic carboxylic acids is 1. The van der Waals surface area contributed by atoms with Crippen molar-refractivity contribution in [2.75, 3.05) is 24.7 Å². The highest BCUT2D eigenvalue weighted by Gasteiger charge is 2.33. The molecule has 0 aliphatic carbocycles. The first-order chi connectivity index (χ1) is 9.33. The lowest BCUT2D eigenvalue weighted by Gasteiger charge is -2.44. The third-order valence-corrected chi connectivity index (χ3v) is 3.36. The summed E-state index contributed by atoms with van der Waals surface area (Å²) in [6.45, 7) is 5.22. The third-order valence-electron chi connectivity index (χ3n) is 3.36. The molecule has 0 bridgehead atoms. The summed E-state index contributed by atoms with van der Waals surface area (Å²) in [7, 11) is 0. The number of carboxylic acids is 1. The summed E-state index contributed by atoms with van der Waals surface area (Å²) in [4.78, 5) is 23.6. The van der Waals surface area contributed by atoms with Gasteiger partial charge in [-0.2, -0.15) is 0 Å². The predicted octanol–water partition coefficient (Wildman–Crippen LogP) is 1.91. The zero-order valence-corrected chi connectivity index (χ0v) is 11.3. The van der Waals surface area contributed by atoms with Crippen molar-refractivity contribution in [1.29, 1.82) is 0 Å². The van der Waals surface area contributed by atoms with Gasteiger partial charge in [0.1, 0.15) is 0 Å². The topological polar surface area (TPSA) is 92.9 Å². The number of nitrogens with zero attached hydrogens (tertiary/aromatic N) is 2. The molecule has 0 radical (unpaired) electrons. The highest BCUT2D eigenvalue weighted by Crippen LogP contribution is 2.32. The van der Waals surface area contributed by atoms with Crippen LogP contribution in [-0.4, -0.2) is 41.3 Å². The van der Waals surface area contributed by atoms with Crippen LogP contribution in [0.4, 0.5) is 11.4 Å². The number of carboxylic acid groups (broad SMARTS) is 1. The maximum absolute atomic E-state index is 11.3. The normalized spacial score (nSPS) is 17.8. The molecule has 0 aromatic heterocycles. The zero-order valence-electron chi connectivity index (χ0n) is 11.3. The molecule has 2 rings (SSSR count). The van der Waals surface area contributed by atoms with Crippen molar-refractivity contribution in [2.45, 2.75) is 19.4 Å². The Morgan fingerprint density at radius 1 is 1.50 bits per heavy atom. The number of morpholine rings is 1. The number of hydrogen-bond donors (Lipinski definition) is 1. The van der Waals surface area contributed by atoms with Crippen LogP contribution in [0.3, 0.4) is 0 Å². The van der Waals surface area contributed by atoms with E-state index >= 15 is 0 Å². The lowest BCUT2D eigenvalue weighted by molar-refractivity contribution is -0.384. The van der Waals surface area contributed by atoms with E-state index in [0.29, 0.717) is 25.4 Å². The summed E-state index contributed by atoms with van der Waals surface area (Å²) in [6.07, 6.45) is 0. The van der Waals surface area contributed by atoms with Crippen LogP contribution in [0.25, 0.3) is 0 Å². The van der Waals surface area contributed by atoms with Gasteiger partial charge >= 0.3 is 5.97 Å². The van der Waals surface area contributed by atoms with E-state index in [9.17, 15) is 20.0 Å². The molecule has 0 spiro atoms. The number of anilines is 1. The maximum Gasteiger partial charge on any atom is 0.337 e. The summed E-state index contributed by atoms with van der Waals surface area (Å²) < 4.78 is 5.39. The molecule has 1 fully saturated rings. The number of non-ortho nitro benzene ring substituents is 1. The van der Waals surface area contributed by atoms with Gasteiger partial charge in [0.05, 0.1) is 34.9 Å². The van der Waals surface area contributed by atoms with Crippen LogP contribution in [-0.2, 0) is 4.74 Å². The molecule has 1 aliphatic heterocycles. The smallest absolute Gasteiger partial charge is 0.337 e. The number of nitro groups is 1. The number of nitro benzene ring substituents is 1. The zero-order chi connectivity index (χ0) is 14.9. The summed E-state index contributed by atoms with van der Waals surface area (Å²) in [5.41, 5.74) is -0.115. The van der Waals surface area contributed by atoms with E-state index in [1.807, 2.05) is 18.7 Å². The summed E-state index contributed by atoms with van der Waals surface area (Å²) in [5.74, 6) is -1.10. The Balaban J connectivity index is 2.54. The van der Waals surface area contributed by atoms with Crippen LogP contribution in [0.2, 0.25) is 0 Å². The molecular weight excluding hydrogens is 264 g/mol. The summed E-state index contributed by atoms with van der Waals surface area (Å²) in [5, 5.41) is 20.2. The van der Waals surface area contributed by atoms with Crippen molar-refractivity contribution >= 4 is 17.3 Å². The van der Waals surface area contributed by atoms with Crippen molar-refractivity contribution in [2.24, 2.45) is 0 Å². The SMILES string of the molecule is CC1(C)COCCN1c1cc([N+](=O)[O-])ccc1C(=O)O. The van der Waals surface area contributed by atoms with Gasteiger partial charge in [-0.3, -0.25) is 10.1 Å². The molecule has 7 nitrogen and oxygen atoms in total. The van der Waals surface area contributed by atoms with Gasteiger partial charge in [-0.25, -0.2) is 4.79 Å². The molecule has 7 heteroatoms. The van der Waals surface area contributed by atoms with Crippen molar-refractivity contribution in [1.82, 2.24) is 0 Å². The largest absolute Gasteiger partial charge is 0.478 e. The summed E-state index contributed by atoms with van der Waals surface area (Å²) >= 11 is 0. The van der Waals surface area contributed by atoms with E-state index in [-0.39, 0.29) is 11.3 Å². The van der Waals surface area contributed by atoms with Crippen molar-refractivity contribution < 1.29 is 19.6 Å². The highest BCUT2D eigenvalue weighted by atomic mass is 16.6. The van der Waals surface area contributed by atoms with Crippen LogP contribution in [0.15, 0.2) is 18.2 Å². The standard InChI is InChI=1S/C13H16N2O5/c1-13(2)8-20-6-5-14(13)11-7-9(15(18)19)3-4-10(11)12(16)17/h3-4,7H,5-6,8H2,1-2H3,(H,16,17). The number of carbonyl (C=O) groups is 1. The Bertz CT molecular complexity index is 556. The second-order valence-corrected chi connectivity index (χ2v) is 5.28.